The van der Waals surface area contributed by atoms with Crippen LogP contribution in [0.4, 0.5) is 16.7 Å². The quantitative estimate of drug-likeness (QED) is 0.541. The first-order chi connectivity index (χ1) is 14.2. The summed E-state index contributed by atoms with van der Waals surface area (Å²) in [5.74, 6) is 2.02. The Morgan fingerprint density at radius 3 is 2.69 bits per heavy atom. The molecule has 2 aromatic heterocycles. The van der Waals surface area contributed by atoms with E-state index in [1.807, 2.05) is 37.5 Å². The summed E-state index contributed by atoms with van der Waals surface area (Å²) in [7, 11) is 0. The number of hydrogen-bond acceptors (Lipinski definition) is 5. The Labute approximate surface area is 170 Å². The monoisotopic (exact) mass is 393 g/mol. The predicted octanol–water partition coefficient (Wildman–Crippen LogP) is 3.79. The molecular formula is C21H27N7O. The van der Waals surface area contributed by atoms with Crippen molar-refractivity contribution in [1.82, 2.24) is 25.3 Å². The van der Waals surface area contributed by atoms with Crippen LogP contribution in [0, 0.1) is 5.92 Å². The summed E-state index contributed by atoms with van der Waals surface area (Å²) in [6.45, 7) is 6.64. The minimum Gasteiger partial charge on any atom is -0.341 e. The summed E-state index contributed by atoms with van der Waals surface area (Å²) >= 11 is 0. The van der Waals surface area contributed by atoms with E-state index in [1.165, 1.54) is 12.8 Å². The highest BCUT2D eigenvalue weighted by atomic mass is 16.2. The Morgan fingerprint density at radius 1 is 1.21 bits per heavy atom. The average molecular weight is 393 g/mol. The zero-order valence-corrected chi connectivity index (χ0v) is 16.9. The number of anilines is 2. The standard InChI is InChI=1S/C21H27N7O/c1-3-9-28(13-14-5-6-14)20-23-11-16(12-24-20)15-7-8-17-18(10-15)26-19(25-17)27-21(29)22-4-2/h7-8,10-12,14H,3-6,9,13H2,1-2H3,(H3,22,25,26,27,29). The SMILES string of the molecule is CCCN(CC1CC1)c1ncc(-c2ccc3[nH]c(NC(=O)NCC)nc3c2)cn1. The number of amides is 2. The molecule has 152 valence electrons. The lowest BCUT2D eigenvalue weighted by atomic mass is 10.1. The number of nitrogens with one attached hydrogen (secondary N) is 3. The molecule has 1 aliphatic carbocycles. The highest BCUT2D eigenvalue weighted by molar-refractivity contribution is 5.90. The van der Waals surface area contributed by atoms with Crippen LogP contribution in [0.1, 0.15) is 33.1 Å². The number of hydrogen-bond donors (Lipinski definition) is 3. The molecule has 2 amide bonds. The van der Waals surface area contributed by atoms with E-state index < -0.39 is 0 Å². The van der Waals surface area contributed by atoms with Gasteiger partial charge in [0, 0.05) is 37.6 Å². The molecule has 2 heterocycles. The number of nitrogens with zero attached hydrogens (tertiary/aromatic N) is 4. The number of aromatic nitrogens is 4. The summed E-state index contributed by atoms with van der Waals surface area (Å²) in [6, 6.07) is 5.65. The van der Waals surface area contributed by atoms with E-state index >= 15 is 0 Å². The number of imidazole rings is 1. The van der Waals surface area contributed by atoms with Gasteiger partial charge in [0.05, 0.1) is 11.0 Å². The smallest absolute Gasteiger partial charge is 0.321 e. The Kier molecular flexibility index (Phi) is 5.59. The van der Waals surface area contributed by atoms with Crippen LogP contribution in [0.5, 0.6) is 0 Å². The number of fused-ring (bicyclic) bond motifs is 1. The van der Waals surface area contributed by atoms with Gasteiger partial charge in [0.25, 0.3) is 0 Å². The molecular weight excluding hydrogens is 366 g/mol. The lowest BCUT2D eigenvalue weighted by Crippen LogP contribution is -2.28. The van der Waals surface area contributed by atoms with Crippen LogP contribution in [0.3, 0.4) is 0 Å². The van der Waals surface area contributed by atoms with E-state index in [4.69, 9.17) is 0 Å². The van der Waals surface area contributed by atoms with Gasteiger partial charge in [-0.25, -0.2) is 19.7 Å². The first-order valence-electron chi connectivity index (χ1n) is 10.3. The maximum Gasteiger partial charge on any atom is 0.321 e. The molecule has 1 saturated carbocycles. The Balaban J connectivity index is 1.51. The van der Waals surface area contributed by atoms with Gasteiger partial charge in [-0.1, -0.05) is 13.0 Å². The van der Waals surface area contributed by atoms with Crippen LogP contribution in [0.2, 0.25) is 0 Å². The molecule has 29 heavy (non-hydrogen) atoms. The van der Waals surface area contributed by atoms with Crippen molar-refractivity contribution < 1.29 is 4.79 Å². The highest BCUT2D eigenvalue weighted by Gasteiger charge is 2.25. The second kappa shape index (κ2) is 8.46. The molecule has 8 nitrogen and oxygen atoms in total. The second-order valence-electron chi connectivity index (χ2n) is 7.46. The molecule has 3 N–H and O–H groups in total. The van der Waals surface area contributed by atoms with Gasteiger partial charge >= 0.3 is 6.03 Å². The number of benzene rings is 1. The summed E-state index contributed by atoms with van der Waals surface area (Å²) in [6.07, 6.45) is 7.47. The number of H-pyrrole nitrogens is 1. The van der Waals surface area contributed by atoms with Crippen LogP contribution in [0.15, 0.2) is 30.6 Å². The highest BCUT2D eigenvalue weighted by Crippen LogP contribution is 2.31. The number of aromatic amines is 1. The largest absolute Gasteiger partial charge is 0.341 e. The zero-order chi connectivity index (χ0) is 20.2. The second-order valence-corrected chi connectivity index (χ2v) is 7.46. The van der Waals surface area contributed by atoms with Crippen LogP contribution in [0.25, 0.3) is 22.2 Å². The molecule has 0 radical (unpaired) electrons. The maximum absolute atomic E-state index is 11.7. The van der Waals surface area contributed by atoms with Crippen molar-refractivity contribution >= 4 is 29.0 Å². The van der Waals surface area contributed by atoms with E-state index in [9.17, 15) is 4.79 Å². The van der Waals surface area contributed by atoms with Gasteiger partial charge in [-0.2, -0.15) is 0 Å². The van der Waals surface area contributed by atoms with E-state index in [0.29, 0.717) is 12.5 Å². The number of carbonyl (C=O) groups is 1. The zero-order valence-electron chi connectivity index (χ0n) is 16.9. The van der Waals surface area contributed by atoms with Crippen molar-refractivity contribution in [3.05, 3.63) is 30.6 Å². The Morgan fingerprint density at radius 2 is 2.00 bits per heavy atom. The Hall–Kier alpha value is -3.16. The lowest BCUT2D eigenvalue weighted by Gasteiger charge is -2.21. The molecule has 0 bridgehead atoms. The van der Waals surface area contributed by atoms with Crippen LogP contribution < -0.4 is 15.5 Å². The third-order valence-corrected chi connectivity index (χ3v) is 4.98. The predicted molar refractivity (Wildman–Crippen MR) is 115 cm³/mol. The minimum absolute atomic E-state index is 0.279. The molecule has 0 atom stereocenters. The van der Waals surface area contributed by atoms with Crippen molar-refractivity contribution in [2.24, 2.45) is 5.92 Å². The Bertz CT molecular complexity index is 978. The van der Waals surface area contributed by atoms with Crippen LogP contribution in [-0.2, 0) is 0 Å². The molecule has 1 aromatic carbocycles. The van der Waals surface area contributed by atoms with E-state index in [1.54, 1.807) is 0 Å². The minimum atomic E-state index is -0.279. The average Bonchev–Trinajstić information content (AvgIpc) is 3.45. The van der Waals surface area contributed by atoms with Gasteiger partial charge in [-0.3, -0.25) is 5.32 Å². The molecule has 0 aliphatic heterocycles. The summed E-state index contributed by atoms with van der Waals surface area (Å²) in [5, 5.41) is 5.38. The van der Waals surface area contributed by atoms with Crippen molar-refractivity contribution in [3.63, 3.8) is 0 Å². The third-order valence-electron chi connectivity index (χ3n) is 4.98. The molecule has 8 heteroatoms. The normalized spacial score (nSPS) is 13.4. The maximum atomic E-state index is 11.7. The first-order valence-corrected chi connectivity index (χ1v) is 10.3. The summed E-state index contributed by atoms with van der Waals surface area (Å²) in [5.41, 5.74) is 3.57. The molecule has 1 aliphatic rings. The molecule has 4 rings (SSSR count). The third kappa shape index (κ3) is 4.64. The topological polar surface area (TPSA) is 98.8 Å². The summed E-state index contributed by atoms with van der Waals surface area (Å²) < 4.78 is 0. The molecule has 0 spiro atoms. The van der Waals surface area contributed by atoms with E-state index in [-0.39, 0.29) is 6.03 Å². The van der Waals surface area contributed by atoms with Gasteiger partial charge in [-0.15, -0.1) is 0 Å². The fourth-order valence-corrected chi connectivity index (χ4v) is 3.35. The van der Waals surface area contributed by atoms with E-state index in [0.717, 1.165) is 53.5 Å². The van der Waals surface area contributed by atoms with Gasteiger partial charge in [0.15, 0.2) is 0 Å². The van der Waals surface area contributed by atoms with Crippen molar-refractivity contribution in [1.29, 1.82) is 0 Å². The lowest BCUT2D eigenvalue weighted by molar-refractivity contribution is 0.252. The van der Waals surface area contributed by atoms with Crippen molar-refractivity contribution in [2.45, 2.75) is 33.1 Å². The number of rotatable bonds is 8. The van der Waals surface area contributed by atoms with Crippen LogP contribution in [-0.4, -0.2) is 45.6 Å². The summed E-state index contributed by atoms with van der Waals surface area (Å²) in [4.78, 5) is 30.8. The number of carbonyl (C=O) groups excluding carboxylic acids is 1. The van der Waals surface area contributed by atoms with E-state index in [2.05, 4.69) is 42.4 Å². The van der Waals surface area contributed by atoms with Gasteiger partial charge in [0.2, 0.25) is 11.9 Å². The first kappa shape index (κ1) is 19.2. The molecule has 0 saturated heterocycles. The molecule has 0 unspecified atom stereocenters. The van der Waals surface area contributed by atoms with Crippen LogP contribution >= 0.6 is 0 Å². The van der Waals surface area contributed by atoms with Gasteiger partial charge < -0.3 is 15.2 Å². The van der Waals surface area contributed by atoms with Crippen molar-refractivity contribution in [2.75, 3.05) is 29.9 Å². The molecule has 1 fully saturated rings. The van der Waals surface area contributed by atoms with Gasteiger partial charge in [-0.05, 0) is 49.8 Å². The van der Waals surface area contributed by atoms with Crippen molar-refractivity contribution in [3.8, 4) is 11.1 Å². The molecule has 3 aromatic rings. The number of urea groups is 1. The fourth-order valence-electron chi connectivity index (χ4n) is 3.35. The van der Waals surface area contributed by atoms with Gasteiger partial charge in [0.1, 0.15) is 0 Å². The fraction of sp³-hybridized carbons (Fsp3) is 0.429.